The second-order valence-corrected chi connectivity index (χ2v) is 6.57. The zero-order valence-electron chi connectivity index (χ0n) is 12.6. The highest BCUT2D eigenvalue weighted by Gasteiger charge is 2.21. The molecular weight excluding hydrogens is 240 g/mol. The quantitative estimate of drug-likeness (QED) is 0.571. The van der Waals surface area contributed by atoms with Gasteiger partial charge in [-0.15, -0.1) is 0 Å². The molecule has 0 aliphatic carbocycles. The van der Waals surface area contributed by atoms with Gasteiger partial charge >= 0.3 is 0 Å². The Morgan fingerprint density at radius 1 is 1.33 bits per heavy atom. The van der Waals surface area contributed by atoms with Crippen molar-refractivity contribution in [1.82, 2.24) is 5.32 Å². The van der Waals surface area contributed by atoms with Gasteiger partial charge in [0.2, 0.25) is 0 Å². The first-order valence-electron chi connectivity index (χ1n) is 7.32. The first kappa shape index (κ1) is 17.8. The lowest BCUT2D eigenvalue weighted by Gasteiger charge is -2.22. The van der Waals surface area contributed by atoms with Crippen LogP contribution in [0.15, 0.2) is 0 Å². The van der Waals surface area contributed by atoms with Gasteiger partial charge in [-0.05, 0) is 56.6 Å². The Labute approximate surface area is 118 Å². The molecule has 0 aliphatic heterocycles. The molecule has 0 aromatic heterocycles. The normalized spacial score (nSPS) is 15.9. The number of hydrogen-bond donors (Lipinski definition) is 1. The molecule has 0 spiro atoms. The summed E-state index contributed by atoms with van der Waals surface area (Å²) in [6, 6.07) is 2.41. The third-order valence-corrected chi connectivity index (χ3v) is 4.71. The zero-order valence-corrected chi connectivity index (χ0v) is 13.4. The van der Waals surface area contributed by atoms with Crippen LogP contribution in [0.3, 0.4) is 0 Å². The Morgan fingerprint density at radius 2 is 2.06 bits per heavy atom. The summed E-state index contributed by atoms with van der Waals surface area (Å²) in [4.78, 5) is 0. The molecule has 106 valence electrons. The van der Waals surface area contributed by atoms with Gasteiger partial charge in [0.1, 0.15) is 5.54 Å². The van der Waals surface area contributed by atoms with E-state index in [1.54, 1.807) is 0 Å². The van der Waals surface area contributed by atoms with E-state index >= 15 is 0 Å². The standard InChI is InChI=1S/C15H30N2S/c1-5-10-17-15(4,13-16)9-7-8-11-18-12-14(3)6-2/h14,17H,5-12H2,1-4H3. The van der Waals surface area contributed by atoms with Crippen LogP contribution in [0.25, 0.3) is 0 Å². The van der Waals surface area contributed by atoms with E-state index in [4.69, 9.17) is 0 Å². The Morgan fingerprint density at radius 3 is 2.61 bits per heavy atom. The average molecular weight is 270 g/mol. The highest BCUT2D eigenvalue weighted by Crippen LogP contribution is 2.17. The van der Waals surface area contributed by atoms with Crippen LogP contribution in [0.1, 0.15) is 59.8 Å². The molecule has 0 amide bonds. The van der Waals surface area contributed by atoms with Crippen LogP contribution in [-0.4, -0.2) is 23.6 Å². The number of nitrogens with one attached hydrogen (secondary N) is 1. The van der Waals surface area contributed by atoms with Gasteiger partial charge in [0.05, 0.1) is 6.07 Å². The summed E-state index contributed by atoms with van der Waals surface area (Å²) in [6.45, 7) is 9.66. The van der Waals surface area contributed by atoms with Gasteiger partial charge in [0, 0.05) is 0 Å². The fourth-order valence-corrected chi connectivity index (χ4v) is 2.88. The maximum Gasteiger partial charge on any atom is 0.103 e. The second-order valence-electron chi connectivity index (χ2n) is 5.42. The largest absolute Gasteiger partial charge is 0.300 e. The first-order chi connectivity index (χ1) is 8.58. The van der Waals surface area contributed by atoms with E-state index in [0.717, 1.165) is 31.7 Å². The van der Waals surface area contributed by atoms with Crippen LogP contribution >= 0.6 is 11.8 Å². The molecule has 0 radical (unpaired) electrons. The van der Waals surface area contributed by atoms with Crippen molar-refractivity contribution < 1.29 is 0 Å². The third kappa shape index (κ3) is 8.83. The minimum atomic E-state index is -0.322. The van der Waals surface area contributed by atoms with Crippen molar-refractivity contribution in [1.29, 1.82) is 5.26 Å². The molecule has 0 rings (SSSR count). The van der Waals surface area contributed by atoms with Crippen LogP contribution in [0.2, 0.25) is 0 Å². The molecule has 0 aromatic rings. The molecule has 2 unspecified atom stereocenters. The fourth-order valence-electron chi connectivity index (χ4n) is 1.67. The van der Waals surface area contributed by atoms with Crippen molar-refractivity contribution in [2.75, 3.05) is 18.1 Å². The smallest absolute Gasteiger partial charge is 0.103 e. The van der Waals surface area contributed by atoms with Gasteiger partial charge in [-0.1, -0.05) is 27.2 Å². The van der Waals surface area contributed by atoms with E-state index in [9.17, 15) is 5.26 Å². The number of nitrogens with zero attached hydrogens (tertiary/aromatic N) is 1. The zero-order chi connectivity index (χ0) is 13.9. The monoisotopic (exact) mass is 270 g/mol. The molecule has 0 heterocycles. The summed E-state index contributed by atoms with van der Waals surface area (Å²) in [7, 11) is 0. The van der Waals surface area contributed by atoms with E-state index in [1.165, 1.54) is 24.3 Å². The van der Waals surface area contributed by atoms with Crippen molar-refractivity contribution in [3.05, 3.63) is 0 Å². The van der Waals surface area contributed by atoms with Crippen LogP contribution in [-0.2, 0) is 0 Å². The van der Waals surface area contributed by atoms with Gasteiger partial charge < -0.3 is 0 Å². The molecule has 1 N–H and O–H groups in total. The average Bonchev–Trinajstić information content (AvgIpc) is 2.40. The van der Waals surface area contributed by atoms with Gasteiger partial charge in [0.25, 0.3) is 0 Å². The van der Waals surface area contributed by atoms with Crippen molar-refractivity contribution in [2.24, 2.45) is 5.92 Å². The van der Waals surface area contributed by atoms with Crippen molar-refractivity contribution in [3.8, 4) is 6.07 Å². The highest BCUT2D eigenvalue weighted by atomic mass is 32.2. The van der Waals surface area contributed by atoms with Crippen molar-refractivity contribution in [3.63, 3.8) is 0 Å². The molecule has 0 aliphatic rings. The number of hydrogen-bond acceptors (Lipinski definition) is 3. The SMILES string of the molecule is CCCNC(C)(C#N)CCCCSCC(C)CC. The Bertz CT molecular complexity index is 237. The minimum Gasteiger partial charge on any atom is -0.300 e. The van der Waals surface area contributed by atoms with E-state index in [1.807, 2.05) is 6.92 Å². The van der Waals surface area contributed by atoms with Gasteiger partial charge in [-0.25, -0.2) is 0 Å². The predicted molar refractivity (Wildman–Crippen MR) is 82.9 cm³/mol. The van der Waals surface area contributed by atoms with Crippen LogP contribution < -0.4 is 5.32 Å². The van der Waals surface area contributed by atoms with Gasteiger partial charge in [0.15, 0.2) is 0 Å². The second kappa shape index (κ2) is 10.7. The number of thioether (sulfide) groups is 1. The molecule has 2 nitrogen and oxygen atoms in total. The lowest BCUT2D eigenvalue weighted by atomic mass is 9.96. The minimum absolute atomic E-state index is 0.322. The summed E-state index contributed by atoms with van der Waals surface area (Å²) in [5.41, 5.74) is -0.322. The number of nitriles is 1. The molecule has 0 saturated carbocycles. The van der Waals surface area contributed by atoms with Crippen LogP contribution in [0.4, 0.5) is 0 Å². The van der Waals surface area contributed by atoms with Gasteiger partial charge in [-0.3, -0.25) is 5.32 Å². The Kier molecular flexibility index (Phi) is 10.6. The van der Waals surface area contributed by atoms with Crippen LogP contribution in [0.5, 0.6) is 0 Å². The lowest BCUT2D eigenvalue weighted by Crippen LogP contribution is -2.41. The van der Waals surface area contributed by atoms with Crippen molar-refractivity contribution in [2.45, 2.75) is 65.3 Å². The third-order valence-electron chi connectivity index (χ3n) is 3.33. The highest BCUT2D eigenvalue weighted by molar-refractivity contribution is 7.99. The van der Waals surface area contributed by atoms with Crippen LogP contribution in [0, 0.1) is 17.2 Å². The Hall–Kier alpha value is -0.200. The topological polar surface area (TPSA) is 35.8 Å². The summed E-state index contributed by atoms with van der Waals surface area (Å²) in [6.07, 6.45) is 5.70. The maximum absolute atomic E-state index is 9.20. The molecule has 3 heteroatoms. The summed E-state index contributed by atoms with van der Waals surface area (Å²) in [5.74, 6) is 3.35. The summed E-state index contributed by atoms with van der Waals surface area (Å²) >= 11 is 2.06. The Balaban J connectivity index is 3.60. The molecule has 18 heavy (non-hydrogen) atoms. The molecule has 0 saturated heterocycles. The summed E-state index contributed by atoms with van der Waals surface area (Å²) < 4.78 is 0. The van der Waals surface area contributed by atoms with E-state index in [2.05, 4.69) is 43.9 Å². The maximum atomic E-state index is 9.20. The van der Waals surface area contributed by atoms with E-state index in [-0.39, 0.29) is 5.54 Å². The predicted octanol–water partition coefficient (Wildman–Crippen LogP) is 4.22. The molecule has 0 bridgehead atoms. The van der Waals surface area contributed by atoms with E-state index in [0.29, 0.717) is 0 Å². The fraction of sp³-hybridized carbons (Fsp3) is 0.933. The molecule has 2 atom stereocenters. The molecule has 0 aromatic carbocycles. The van der Waals surface area contributed by atoms with Crippen molar-refractivity contribution >= 4 is 11.8 Å². The van der Waals surface area contributed by atoms with E-state index < -0.39 is 0 Å². The first-order valence-corrected chi connectivity index (χ1v) is 8.47. The molecular formula is C15H30N2S. The lowest BCUT2D eigenvalue weighted by molar-refractivity contribution is 0.406. The number of unbranched alkanes of at least 4 members (excludes halogenated alkanes) is 1. The molecule has 0 fully saturated rings. The number of rotatable bonds is 11. The summed E-state index contributed by atoms with van der Waals surface area (Å²) in [5, 5.41) is 12.5. The van der Waals surface area contributed by atoms with Gasteiger partial charge in [-0.2, -0.15) is 17.0 Å².